The molecule has 2 aromatic heterocycles. The Morgan fingerprint density at radius 3 is 2.73 bits per heavy atom. The molecule has 4 rings (SSSR count). The molecule has 0 saturated heterocycles. The fraction of sp³-hybridized carbons (Fsp3) is 0.200. The normalized spacial score (nSPS) is 12.1. The van der Waals surface area contributed by atoms with Gasteiger partial charge in [0.25, 0.3) is 0 Å². The molecule has 0 fully saturated rings. The van der Waals surface area contributed by atoms with Crippen molar-refractivity contribution in [1.82, 2.24) is 14.7 Å². The van der Waals surface area contributed by atoms with E-state index in [0.717, 1.165) is 28.9 Å². The van der Waals surface area contributed by atoms with Crippen LogP contribution >= 0.6 is 0 Å². The molecule has 30 heavy (non-hydrogen) atoms. The molecule has 1 amide bonds. The van der Waals surface area contributed by atoms with Crippen LogP contribution in [0.3, 0.4) is 0 Å². The highest BCUT2D eigenvalue weighted by Crippen LogP contribution is 2.29. The van der Waals surface area contributed by atoms with Gasteiger partial charge in [0.05, 0.1) is 5.69 Å². The molecule has 0 radical (unpaired) electrons. The van der Waals surface area contributed by atoms with Crippen LogP contribution in [0.15, 0.2) is 79.1 Å². The Bertz CT molecular complexity index is 1150. The van der Waals surface area contributed by atoms with Crippen molar-refractivity contribution >= 4 is 11.6 Å². The van der Waals surface area contributed by atoms with E-state index in [-0.39, 0.29) is 24.1 Å². The molecule has 0 aliphatic rings. The molecule has 2 aromatic carbocycles. The highest BCUT2D eigenvalue weighted by Gasteiger charge is 2.22. The molecule has 5 heteroatoms. The van der Waals surface area contributed by atoms with E-state index in [2.05, 4.69) is 10.3 Å². The molecule has 2 heterocycles. The van der Waals surface area contributed by atoms with Crippen LogP contribution in [0.25, 0.3) is 5.65 Å². The van der Waals surface area contributed by atoms with E-state index in [1.54, 1.807) is 12.3 Å². The first-order chi connectivity index (χ1) is 14.6. The highest BCUT2D eigenvalue weighted by molar-refractivity contribution is 5.77. The third-order valence-electron chi connectivity index (χ3n) is 5.34. The molecule has 4 aromatic rings. The van der Waals surface area contributed by atoms with E-state index in [4.69, 9.17) is 0 Å². The second kappa shape index (κ2) is 8.91. The van der Waals surface area contributed by atoms with Gasteiger partial charge in [0.15, 0.2) is 0 Å². The van der Waals surface area contributed by atoms with Gasteiger partial charge in [0.2, 0.25) is 5.91 Å². The molecule has 0 saturated carbocycles. The molecular formula is C25H24FN3O. The van der Waals surface area contributed by atoms with E-state index >= 15 is 0 Å². The van der Waals surface area contributed by atoms with E-state index in [1.807, 2.05) is 66.1 Å². The maximum Gasteiger partial charge on any atom is 0.221 e. The average molecular weight is 401 g/mol. The van der Waals surface area contributed by atoms with Gasteiger partial charge in [-0.3, -0.25) is 4.79 Å². The van der Waals surface area contributed by atoms with Gasteiger partial charge in [-0.15, -0.1) is 0 Å². The molecule has 0 aliphatic heterocycles. The van der Waals surface area contributed by atoms with Crippen LogP contribution in [0.2, 0.25) is 0 Å². The number of carbonyl (C=O) groups is 1. The van der Waals surface area contributed by atoms with Crippen molar-refractivity contribution < 1.29 is 9.18 Å². The largest absolute Gasteiger partial charge is 0.356 e. The fourth-order valence-electron chi connectivity index (χ4n) is 3.79. The maximum atomic E-state index is 14.0. The van der Waals surface area contributed by atoms with Gasteiger partial charge in [-0.25, -0.2) is 9.37 Å². The number of aryl methyl sites for hydroxylation is 1. The molecule has 0 spiro atoms. The summed E-state index contributed by atoms with van der Waals surface area (Å²) in [6.07, 6.45) is 4.71. The predicted octanol–water partition coefficient (Wildman–Crippen LogP) is 4.66. The van der Waals surface area contributed by atoms with Gasteiger partial charge in [0.1, 0.15) is 11.5 Å². The van der Waals surface area contributed by atoms with E-state index in [0.29, 0.717) is 6.54 Å². The fourth-order valence-corrected chi connectivity index (χ4v) is 3.79. The number of pyridine rings is 1. The third kappa shape index (κ3) is 4.40. The third-order valence-corrected chi connectivity index (χ3v) is 5.34. The molecule has 0 unspecified atom stereocenters. The first kappa shape index (κ1) is 19.8. The van der Waals surface area contributed by atoms with Crippen LogP contribution in [0.1, 0.15) is 34.7 Å². The Morgan fingerprint density at radius 1 is 1.10 bits per heavy atom. The van der Waals surface area contributed by atoms with Gasteiger partial charge in [0, 0.05) is 31.3 Å². The van der Waals surface area contributed by atoms with Gasteiger partial charge in [-0.2, -0.15) is 0 Å². The van der Waals surface area contributed by atoms with E-state index in [9.17, 15) is 9.18 Å². The monoisotopic (exact) mass is 401 g/mol. The summed E-state index contributed by atoms with van der Waals surface area (Å²) in [7, 11) is 0. The smallest absolute Gasteiger partial charge is 0.221 e. The number of carbonyl (C=O) groups excluding carboxylic acids is 1. The second-order valence-electron chi connectivity index (χ2n) is 7.47. The number of halogens is 1. The molecule has 0 aliphatic carbocycles. The van der Waals surface area contributed by atoms with Gasteiger partial charge >= 0.3 is 0 Å². The first-order valence-electron chi connectivity index (χ1n) is 10.1. The lowest BCUT2D eigenvalue weighted by Crippen LogP contribution is -2.27. The highest BCUT2D eigenvalue weighted by atomic mass is 19.1. The number of nitrogens with one attached hydrogen (secondary N) is 1. The number of aromatic nitrogens is 2. The SMILES string of the molecule is Cc1cccn2c([C@@H](CC(=O)NCCc3ccccc3)c3cccc(F)c3)cnc12. The average Bonchev–Trinajstić information content (AvgIpc) is 3.18. The van der Waals surface area contributed by atoms with Crippen LogP contribution in [-0.2, 0) is 11.2 Å². The first-order valence-corrected chi connectivity index (χ1v) is 10.1. The maximum absolute atomic E-state index is 14.0. The number of benzene rings is 2. The minimum absolute atomic E-state index is 0.0669. The minimum atomic E-state index is -0.313. The quantitative estimate of drug-likeness (QED) is 0.489. The van der Waals surface area contributed by atoms with Gasteiger partial charge in [-0.1, -0.05) is 48.5 Å². The van der Waals surface area contributed by atoms with Crippen molar-refractivity contribution in [2.75, 3.05) is 6.54 Å². The van der Waals surface area contributed by atoms with Crippen LogP contribution in [0, 0.1) is 12.7 Å². The lowest BCUT2D eigenvalue weighted by molar-refractivity contribution is -0.121. The molecule has 1 atom stereocenters. The lowest BCUT2D eigenvalue weighted by atomic mass is 9.92. The van der Waals surface area contributed by atoms with Crippen LogP contribution in [-0.4, -0.2) is 21.8 Å². The number of rotatable bonds is 7. The summed E-state index contributed by atoms with van der Waals surface area (Å²) in [6.45, 7) is 2.56. The van der Waals surface area contributed by atoms with Crippen molar-refractivity contribution in [3.63, 3.8) is 0 Å². The summed E-state index contributed by atoms with van der Waals surface area (Å²) < 4.78 is 15.9. The number of hydrogen-bond donors (Lipinski definition) is 1. The molecule has 4 nitrogen and oxygen atoms in total. The zero-order valence-corrected chi connectivity index (χ0v) is 16.9. The van der Waals surface area contributed by atoms with Crippen LogP contribution in [0.5, 0.6) is 0 Å². The summed E-state index contributed by atoms with van der Waals surface area (Å²) >= 11 is 0. The summed E-state index contributed by atoms with van der Waals surface area (Å²) in [4.78, 5) is 17.3. The van der Waals surface area contributed by atoms with Crippen molar-refractivity contribution in [2.24, 2.45) is 0 Å². The number of nitrogens with zero attached hydrogens (tertiary/aromatic N) is 2. The number of amides is 1. The Labute approximate surface area is 175 Å². The summed E-state index contributed by atoms with van der Waals surface area (Å²) in [5.74, 6) is -0.677. The van der Waals surface area contributed by atoms with Crippen molar-refractivity contribution in [1.29, 1.82) is 0 Å². The topological polar surface area (TPSA) is 46.4 Å². The summed E-state index contributed by atoms with van der Waals surface area (Å²) in [5.41, 5.74) is 4.71. The van der Waals surface area contributed by atoms with Crippen molar-refractivity contribution in [3.8, 4) is 0 Å². The van der Waals surface area contributed by atoms with Crippen molar-refractivity contribution in [2.45, 2.75) is 25.7 Å². The zero-order chi connectivity index (χ0) is 20.9. The number of hydrogen-bond acceptors (Lipinski definition) is 2. The minimum Gasteiger partial charge on any atom is -0.356 e. The van der Waals surface area contributed by atoms with Gasteiger partial charge in [-0.05, 0) is 48.2 Å². The molecule has 152 valence electrons. The Balaban J connectivity index is 1.56. The molecule has 0 bridgehead atoms. The van der Waals surface area contributed by atoms with Crippen LogP contribution in [0.4, 0.5) is 4.39 Å². The molecular weight excluding hydrogens is 377 g/mol. The Morgan fingerprint density at radius 2 is 1.93 bits per heavy atom. The van der Waals surface area contributed by atoms with Crippen LogP contribution < -0.4 is 5.32 Å². The van der Waals surface area contributed by atoms with E-state index in [1.165, 1.54) is 17.7 Å². The second-order valence-corrected chi connectivity index (χ2v) is 7.47. The van der Waals surface area contributed by atoms with E-state index < -0.39 is 0 Å². The lowest BCUT2D eigenvalue weighted by Gasteiger charge is -2.18. The molecule has 1 N–H and O–H groups in total. The summed E-state index contributed by atoms with van der Waals surface area (Å²) in [6, 6.07) is 20.5. The predicted molar refractivity (Wildman–Crippen MR) is 116 cm³/mol. The van der Waals surface area contributed by atoms with Gasteiger partial charge < -0.3 is 9.72 Å². The Hall–Kier alpha value is -3.47. The van der Waals surface area contributed by atoms with Crippen molar-refractivity contribution in [3.05, 3.63) is 107 Å². The number of imidazole rings is 1. The Kier molecular flexibility index (Phi) is 5.89. The standard InChI is InChI=1S/C25H24FN3O/c1-18-7-6-14-29-23(17-28-25(18)29)22(20-10-5-11-21(26)15-20)16-24(30)27-13-12-19-8-3-2-4-9-19/h2-11,14-15,17,22H,12-13,16H2,1H3,(H,27,30)/t22-/m0/s1. The number of fused-ring (bicyclic) bond motifs is 1. The zero-order valence-electron chi connectivity index (χ0n) is 16.9. The summed E-state index contributed by atoms with van der Waals surface area (Å²) in [5, 5.41) is 3.01.